The highest BCUT2D eigenvalue weighted by Gasteiger charge is 2.45. The van der Waals surface area contributed by atoms with Crippen LogP contribution in [0.25, 0.3) is 5.65 Å². The van der Waals surface area contributed by atoms with Crippen molar-refractivity contribution >= 4 is 49.3 Å². The molecule has 6 rings (SSSR count). The summed E-state index contributed by atoms with van der Waals surface area (Å²) in [5.41, 5.74) is 1.08. The van der Waals surface area contributed by atoms with Crippen molar-refractivity contribution in [1.29, 1.82) is 0 Å². The molecule has 3 atom stereocenters. The van der Waals surface area contributed by atoms with Crippen molar-refractivity contribution in [3.63, 3.8) is 0 Å². The number of ether oxygens (including phenoxy) is 2. The first-order valence-corrected chi connectivity index (χ1v) is 22.4. The molecule has 0 bridgehead atoms. The number of fused-ring (bicyclic) bond motifs is 3. The number of amides is 2. The lowest BCUT2D eigenvalue weighted by atomic mass is 9.90. The number of halogens is 1. The summed E-state index contributed by atoms with van der Waals surface area (Å²) in [6.45, 7) is 17.0. The average molecular weight is 821 g/mol. The summed E-state index contributed by atoms with van der Waals surface area (Å²) in [5.74, 6) is -1.17. The molecule has 5 heterocycles. The first-order chi connectivity index (χ1) is 25.9. The molecular weight excluding hydrogens is 768 g/mol. The van der Waals surface area contributed by atoms with E-state index in [0.29, 0.717) is 55.4 Å². The number of pyridine rings is 1. The molecule has 2 amide bonds. The number of sulfonamides is 2. The zero-order valence-electron chi connectivity index (χ0n) is 33.5. The first kappa shape index (κ1) is 41.7. The van der Waals surface area contributed by atoms with Crippen LogP contribution in [0.3, 0.4) is 0 Å². The van der Waals surface area contributed by atoms with Gasteiger partial charge in [0.05, 0.1) is 43.7 Å². The monoisotopic (exact) mass is 820 g/mol. The van der Waals surface area contributed by atoms with E-state index in [0.717, 1.165) is 19.1 Å². The van der Waals surface area contributed by atoms with Crippen LogP contribution in [0.15, 0.2) is 30.3 Å². The van der Waals surface area contributed by atoms with Crippen molar-refractivity contribution in [3.05, 3.63) is 53.0 Å². The number of piperazine rings is 1. The smallest absolute Gasteiger partial charge is 0.410 e. The molecule has 0 unspecified atom stereocenters. The van der Waals surface area contributed by atoms with Crippen molar-refractivity contribution in [1.82, 2.24) is 29.3 Å². The fraction of sp³-hybridized carbons (Fsp3) is 0.622. The summed E-state index contributed by atoms with van der Waals surface area (Å²) in [6.07, 6.45) is 1.31. The highest BCUT2D eigenvalue weighted by molar-refractivity contribution is 8.09. The third kappa shape index (κ3) is 8.80. The average Bonchev–Trinajstić information content (AvgIpc) is 3.59. The second kappa shape index (κ2) is 15.1. The molecule has 0 N–H and O–H groups in total. The Morgan fingerprint density at radius 2 is 1.68 bits per heavy atom. The Balaban J connectivity index is 1.39. The van der Waals surface area contributed by atoms with Gasteiger partial charge >= 0.3 is 6.09 Å². The molecule has 0 saturated carbocycles. The zero-order valence-corrected chi connectivity index (χ0v) is 35.2. The topological polar surface area (TPSA) is 167 Å². The van der Waals surface area contributed by atoms with Gasteiger partial charge in [-0.1, -0.05) is 26.0 Å². The summed E-state index contributed by atoms with van der Waals surface area (Å²) in [7, 11) is -8.75. The second-order valence-electron chi connectivity index (χ2n) is 16.9. The minimum atomic E-state index is -4.37. The van der Waals surface area contributed by atoms with Crippen LogP contribution in [0.5, 0.6) is 0 Å². The third-order valence-corrected chi connectivity index (χ3v) is 13.5. The number of aromatic nitrogens is 3. The largest absolute Gasteiger partial charge is 0.444 e. The Bertz CT molecular complexity index is 2180. The Morgan fingerprint density at radius 3 is 2.29 bits per heavy atom. The van der Waals surface area contributed by atoms with E-state index in [1.807, 2.05) is 41.5 Å². The Hall–Kier alpha value is -3.91. The molecular formula is C37H53FN8O8S2. The van der Waals surface area contributed by atoms with Gasteiger partial charge in [-0.25, -0.2) is 30.5 Å². The van der Waals surface area contributed by atoms with E-state index in [2.05, 4.69) is 26.8 Å². The SMILES string of the molecule is C[C@@H]1COCCN1C[C@H]1CN(C(=O)OC(C)(C)C)[C@H](C)CN1CC(=O)N1CC(C)(C)c2c1cc(Cc1ccc(F)cc1)c1nc(N(S(C)(=O)=O)S(C)(=O)=O)nn21. The van der Waals surface area contributed by atoms with E-state index < -0.39 is 48.9 Å². The van der Waals surface area contributed by atoms with Crippen LogP contribution in [0.1, 0.15) is 65.3 Å². The lowest BCUT2D eigenvalue weighted by molar-refractivity contribution is -0.121. The standard InChI is InChI=1S/C37H53FN8O8S2/c1-24-18-42(29(19-41-14-15-53-22-25(41)2)20-43(24)35(48)54-36(3,4)5)21-31(47)44-23-37(6,7)32-30(44)17-27(16-26-10-12-28(38)13-11-26)33-39-34(40-45(32)33)46(55(8,49)50)56(9,51)52/h10-13,17,24-25,29H,14-16,18-23H2,1-9H3/t24-,25-,29+/m1/s1. The maximum absolute atomic E-state index is 14.7. The molecule has 1 aromatic carbocycles. The van der Waals surface area contributed by atoms with E-state index in [1.54, 1.807) is 28.0 Å². The molecule has 19 heteroatoms. The third-order valence-electron chi connectivity index (χ3n) is 10.4. The number of anilines is 2. The summed E-state index contributed by atoms with van der Waals surface area (Å²) in [6, 6.07) is 7.36. The first-order valence-electron chi connectivity index (χ1n) is 18.7. The Labute approximate surface area is 328 Å². The van der Waals surface area contributed by atoms with Crippen LogP contribution in [0.2, 0.25) is 0 Å². The number of benzene rings is 1. The van der Waals surface area contributed by atoms with Gasteiger partial charge in [-0.2, -0.15) is 4.98 Å². The van der Waals surface area contributed by atoms with Crippen LogP contribution in [-0.4, -0.2) is 147 Å². The van der Waals surface area contributed by atoms with Crippen molar-refractivity contribution in [2.45, 2.75) is 84.0 Å². The van der Waals surface area contributed by atoms with E-state index in [1.165, 1.54) is 16.6 Å². The lowest BCUT2D eigenvalue weighted by Crippen LogP contribution is -2.64. The molecule has 2 aromatic heterocycles. The Morgan fingerprint density at radius 1 is 1.02 bits per heavy atom. The van der Waals surface area contributed by atoms with Crippen LogP contribution in [-0.2, 0) is 46.2 Å². The zero-order chi connectivity index (χ0) is 41.1. The van der Waals surface area contributed by atoms with E-state index in [9.17, 15) is 30.8 Å². The van der Waals surface area contributed by atoms with Crippen molar-refractivity contribution < 1.29 is 40.3 Å². The maximum Gasteiger partial charge on any atom is 0.410 e. The van der Waals surface area contributed by atoms with E-state index >= 15 is 0 Å². The summed E-state index contributed by atoms with van der Waals surface area (Å²) in [5, 5.41) is 4.48. The molecule has 3 aliphatic rings. The predicted octanol–water partition coefficient (Wildman–Crippen LogP) is 2.84. The highest BCUT2D eigenvalue weighted by atomic mass is 32.3. The quantitative estimate of drug-likeness (QED) is 0.310. The molecule has 308 valence electrons. The van der Waals surface area contributed by atoms with Gasteiger partial charge in [0.25, 0.3) is 5.95 Å². The van der Waals surface area contributed by atoms with Crippen LogP contribution in [0, 0.1) is 5.82 Å². The summed E-state index contributed by atoms with van der Waals surface area (Å²) < 4.78 is 78.2. The molecule has 56 heavy (non-hydrogen) atoms. The molecule has 2 fully saturated rings. The van der Waals surface area contributed by atoms with Gasteiger partial charge in [-0.05, 0) is 58.4 Å². The minimum Gasteiger partial charge on any atom is -0.444 e. The predicted molar refractivity (Wildman–Crippen MR) is 209 cm³/mol. The number of carbonyl (C=O) groups excluding carboxylic acids is 2. The number of hydrogen-bond acceptors (Lipinski definition) is 12. The van der Waals surface area contributed by atoms with Crippen molar-refractivity contribution in [2.24, 2.45) is 0 Å². The van der Waals surface area contributed by atoms with Crippen molar-refractivity contribution in [3.8, 4) is 0 Å². The van der Waals surface area contributed by atoms with Gasteiger partial charge in [0, 0.05) is 68.2 Å². The van der Waals surface area contributed by atoms with Crippen molar-refractivity contribution in [2.75, 3.05) is 73.6 Å². The molecule has 0 aliphatic carbocycles. The fourth-order valence-corrected chi connectivity index (χ4v) is 10.6. The molecule has 2 saturated heterocycles. The van der Waals surface area contributed by atoms with Gasteiger partial charge in [-0.3, -0.25) is 14.6 Å². The van der Waals surface area contributed by atoms with Crippen LogP contribution in [0.4, 0.5) is 20.8 Å². The van der Waals surface area contributed by atoms with Crippen LogP contribution < -0.4 is 8.61 Å². The molecule has 3 aliphatic heterocycles. The van der Waals surface area contributed by atoms with Gasteiger partial charge in [0.15, 0.2) is 5.65 Å². The fourth-order valence-electron chi connectivity index (χ4n) is 7.87. The van der Waals surface area contributed by atoms with Gasteiger partial charge in [-0.15, -0.1) is 8.81 Å². The maximum atomic E-state index is 14.7. The number of rotatable bonds is 9. The molecule has 3 aromatic rings. The van der Waals surface area contributed by atoms with Gasteiger partial charge in [0.2, 0.25) is 26.0 Å². The highest BCUT2D eigenvalue weighted by Crippen LogP contribution is 2.43. The van der Waals surface area contributed by atoms with E-state index in [4.69, 9.17) is 9.47 Å². The molecule has 16 nitrogen and oxygen atoms in total. The van der Waals surface area contributed by atoms with Crippen LogP contribution >= 0.6 is 0 Å². The normalized spacial score (nSPS) is 22.4. The number of nitrogens with zero attached hydrogens (tertiary/aromatic N) is 8. The van der Waals surface area contributed by atoms with Gasteiger partial charge < -0.3 is 19.3 Å². The number of morpholine rings is 1. The summed E-state index contributed by atoms with van der Waals surface area (Å²) >= 11 is 0. The Kier molecular flexibility index (Phi) is 11.3. The van der Waals surface area contributed by atoms with E-state index in [-0.39, 0.29) is 52.9 Å². The minimum absolute atomic E-state index is 0.0370. The number of hydrogen-bond donors (Lipinski definition) is 0. The molecule has 0 radical (unpaired) electrons. The number of carbonyl (C=O) groups is 2. The summed E-state index contributed by atoms with van der Waals surface area (Å²) in [4.78, 5) is 40.4. The lowest BCUT2D eigenvalue weighted by Gasteiger charge is -2.47. The molecule has 0 spiro atoms. The second-order valence-corrected chi connectivity index (χ2v) is 20.8. The van der Waals surface area contributed by atoms with Gasteiger partial charge in [0.1, 0.15) is 11.4 Å².